The van der Waals surface area contributed by atoms with Gasteiger partial charge >= 0.3 is 0 Å². The summed E-state index contributed by atoms with van der Waals surface area (Å²) in [4.78, 5) is 0. The molecule has 0 bridgehead atoms. The topological polar surface area (TPSA) is 32.3 Å². The summed E-state index contributed by atoms with van der Waals surface area (Å²) in [5, 5.41) is 14.3. The van der Waals surface area contributed by atoms with Gasteiger partial charge in [0.2, 0.25) is 0 Å². The third kappa shape index (κ3) is 2.58. The molecule has 1 aromatic carbocycles. The Balaban J connectivity index is 0.00000112. The summed E-state index contributed by atoms with van der Waals surface area (Å²) in [7, 11) is 0. The van der Waals surface area contributed by atoms with E-state index in [1.54, 1.807) is 12.1 Å². The second-order valence-electron chi connectivity index (χ2n) is 3.59. The molecule has 2 N–H and O–H groups in total. The predicted octanol–water partition coefficient (Wildman–Crippen LogP) is 2.60. The number of benzene rings is 1. The van der Waals surface area contributed by atoms with Crippen molar-refractivity contribution in [3.63, 3.8) is 0 Å². The van der Waals surface area contributed by atoms with Crippen molar-refractivity contribution in [2.24, 2.45) is 0 Å². The first-order valence-electron chi connectivity index (χ1n) is 4.50. The lowest BCUT2D eigenvalue weighted by atomic mass is 9.93. The van der Waals surface area contributed by atoms with Gasteiger partial charge in [0.25, 0.3) is 0 Å². The molecule has 84 valence electrons. The first kappa shape index (κ1) is 13.1. The average molecular weight is 269 g/mol. The van der Waals surface area contributed by atoms with Gasteiger partial charge in [0, 0.05) is 6.54 Å². The summed E-state index contributed by atoms with van der Waals surface area (Å²) in [5.74, 6) is 0. The second kappa shape index (κ2) is 4.89. The summed E-state index contributed by atoms with van der Waals surface area (Å²) < 4.78 is 0. The number of rotatable bonds is 1. The van der Waals surface area contributed by atoms with E-state index in [1.807, 2.05) is 6.07 Å². The summed E-state index contributed by atoms with van der Waals surface area (Å²) in [5.41, 5.74) is 0.0470. The van der Waals surface area contributed by atoms with Crippen LogP contribution in [-0.2, 0) is 5.60 Å². The third-order valence-electron chi connectivity index (χ3n) is 2.59. The fourth-order valence-electron chi connectivity index (χ4n) is 1.71. The molecule has 5 heteroatoms. The van der Waals surface area contributed by atoms with E-state index in [-0.39, 0.29) is 12.4 Å². The van der Waals surface area contributed by atoms with E-state index in [0.717, 1.165) is 12.1 Å². The molecule has 1 aliphatic rings. The highest BCUT2D eigenvalue weighted by Gasteiger charge is 2.33. The summed E-state index contributed by atoms with van der Waals surface area (Å²) in [6, 6.07) is 5.27. The maximum atomic E-state index is 10.2. The Morgan fingerprint density at radius 3 is 2.53 bits per heavy atom. The van der Waals surface area contributed by atoms with Crippen LogP contribution in [0.1, 0.15) is 12.0 Å². The molecule has 1 heterocycles. The number of hydrogen-bond acceptors (Lipinski definition) is 2. The molecule has 0 saturated carbocycles. The molecule has 1 aromatic rings. The molecule has 0 aliphatic carbocycles. The van der Waals surface area contributed by atoms with Crippen LogP contribution in [0.25, 0.3) is 0 Å². The SMILES string of the molecule is Cl.OC1(c2ccc(Cl)c(Cl)c2)CCNC1. The Kier molecular flexibility index (Phi) is 4.27. The largest absolute Gasteiger partial charge is 0.384 e. The highest BCUT2D eigenvalue weighted by atomic mass is 35.5. The molecule has 2 nitrogen and oxygen atoms in total. The van der Waals surface area contributed by atoms with Gasteiger partial charge < -0.3 is 10.4 Å². The van der Waals surface area contributed by atoms with E-state index in [2.05, 4.69) is 5.32 Å². The molecule has 1 atom stereocenters. The number of halogens is 3. The number of β-amino-alcohol motifs (C(OH)–C–C–N with tert-alkyl or cyclic N) is 1. The van der Waals surface area contributed by atoms with Gasteiger partial charge in [0.1, 0.15) is 5.60 Å². The summed E-state index contributed by atoms with van der Waals surface area (Å²) in [6.07, 6.45) is 0.713. The van der Waals surface area contributed by atoms with Gasteiger partial charge in [-0.2, -0.15) is 0 Å². The fourth-order valence-corrected chi connectivity index (χ4v) is 2.01. The standard InChI is InChI=1S/C10H11Cl2NO.ClH/c11-8-2-1-7(5-9(8)12)10(14)3-4-13-6-10;/h1-2,5,13-14H,3-4,6H2;1H. The van der Waals surface area contributed by atoms with Crippen LogP contribution in [-0.4, -0.2) is 18.2 Å². The van der Waals surface area contributed by atoms with Crippen molar-refractivity contribution >= 4 is 35.6 Å². The van der Waals surface area contributed by atoms with Gasteiger partial charge in [0.05, 0.1) is 10.0 Å². The molecule has 0 spiro atoms. The molecule has 15 heavy (non-hydrogen) atoms. The molecule has 1 unspecified atom stereocenters. The van der Waals surface area contributed by atoms with Crippen molar-refractivity contribution < 1.29 is 5.11 Å². The van der Waals surface area contributed by atoms with Crippen LogP contribution >= 0.6 is 35.6 Å². The minimum Gasteiger partial charge on any atom is -0.384 e. The Bertz CT molecular complexity index is 351. The Hall–Kier alpha value is 0.01000. The van der Waals surface area contributed by atoms with Crippen LogP contribution < -0.4 is 5.32 Å². The summed E-state index contributed by atoms with van der Waals surface area (Å²) >= 11 is 11.7. The average Bonchev–Trinajstić information content (AvgIpc) is 2.58. The van der Waals surface area contributed by atoms with Gasteiger partial charge in [-0.25, -0.2) is 0 Å². The van der Waals surface area contributed by atoms with Crippen LogP contribution in [0, 0.1) is 0 Å². The van der Waals surface area contributed by atoms with Crippen molar-refractivity contribution in [3.05, 3.63) is 33.8 Å². The van der Waals surface area contributed by atoms with Gasteiger partial charge in [-0.3, -0.25) is 0 Å². The lowest BCUT2D eigenvalue weighted by Crippen LogP contribution is -2.28. The van der Waals surface area contributed by atoms with Crippen LogP contribution in [0.4, 0.5) is 0 Å². The van der Waals surface area contributed by atoms with Crippen molar-refractivity contribution in [1.82, 2.24) is 5.32 Å². The van der Waals surface area contributed by atoms with Gasteiger partial charge in [-0.05, 0) is 30.7 Å². The van der Waals surface area contributed by atoms with E-state index in [4.69, 9.17) is 23.2 Å². The van der Waals surface area contributed by atoms with Crippen LogP contribution in [0.5, 0.6) is 0 Å². The number of aliphatic hydroxyl groups is 1. The minimum atomic E-state index is -0.784. The maximum absolute atomic E-state index is 10.2. The van der Waals surface area contributed by atoms with Crippen molar-refractivity contribution in [2.75, 3.05) is 13.1 Å². The zero-order chi connectivity index (χ0) is 10.2. The van der Waals surface area contributed by atoms with Crippen LogP contribution in [0.2, 0.25) is 10.0 Å². The first-order chi connectivity index (χ1) is 6.62. The van der Waals surface area contributed by atoms with E-state index in [0.29, 0.717) is 23.0 Å². The summed E-state index contributed by atoms with van der Waals surface area (Å²) in [6.45, 7) is 1.40. The van der Waals surface area contributed by atoms with E-state index in [9.17, 15) is 5.11 Å². The zero-order valence-corrected chi connectivity index (χ0v) is 10.3. The van der Waals surface area contributed by atoms with Gasteiger partial charge in [-0.15, -0.1) is 12.4 Å². The first-order valence-corrected chi connectivity index (χ1v) is 5.26. The van der Waals surface area contributed by atoms with Crippen molar-refractivity contribution in [2.45, 2.75) is 12.0 Å². The van der Waals surface area contributed by atoms with Crippen molar-refractivity contribution in [1.29, 1.82) is 0 Å². The number of nitrogens with one attached hydrogen (secondary N) is 1. The monoisotopic (exact) mass is 267 g/mol. The smallest absolute Gasteiger partial charge is 0.103 e. The Morgan fingerprint density at radius 2 is 2.00 bits per heavy atom. The van der Waals surface area contributed by atoms with Crippen LogP contribution in [0.3, 0.4) is 0 Å². The molecule has 0 radical (unpaired) electrons. The van der Waals surface area contributed by atoms with Crippen LogP contribution in [0.15, 0.2) is 18.2 Å². The molecule has 1 fully saturated rings. The van der Waals surface area contributed by atoms with Gasteiger partial charge in [-0.1, -0.05) is 29.3 Å². The van der Waals surface area contributed by atoms with E-state index in [1.165, 1.54) is 0 Å². The van der Waals surface area contributed by atoms with Crippen molar-refractivity contribution in [3.8, 4) is 0 Å². The Morgan fingerprint density at radius 1 is 1.27 bits per heavy atom. The second-order valence-corrected chi connectivity index (χ2v) is 4.40. The Labute approximate surface area is 105 Å². The molecule has 0 aromatic heterocycles. The normalized spacial score (nSPS) is 25.0. The lowest BCUT2D eigenvalue weighted by Gasteiger charge is -2.22. The predicted molar refractivity (Wildman–Crippen MR) is 65.1 cm³/mol. The molecule has 0 amide bonds. The molecule has 2 rings (SSSR count). The molecule has 1 aliphatic heterocycles. The quantitative estimate of drug-likeness (QED) is 0.820. The highest BCUT2D eigenvalue weighted by Crippen LogP contribution is 2.32. The molecule has 1 saturated heterocycles. The number of hydrogen-bond donors (Lipinski definition) is 2. The highest BCUT2D eigenvalue weighted by molar-refractivity contribution is 6.42. The minimum absolute atomic E-state index is 0. The lowest BCUT2D eigenvalue weighted by molar-refractivity contribution is 0.0587. The molecular weight excluding hydrogens is 256 g/mol. The third-order valence-corrected chi connectivity index (χ3v) is 3.33. The fraction of sp³-hybridized carbons (Fsp3) is 0.400. The van der Waals surface area contributed by atoms with Gasteiger partial charge in [0.15, 0.2) is 0 Å². The molecular formula is C10H12Cl3NO. The van der Waals surface area contributed by atoms with E-state index >= 15 is 0 Å². The zero-order valence-electron chi connectivity index (χ0n) is 7.96. The van der Waals surface area contributed by atoms with E-state index < -0.39 is 5.60 Å². The maximum Gasteiger partial charge on any atom is 0.103 e.